The lowest BCUT2D eigenvalue weighted by Crippen LogP contribution is -2.31. The second-order valence-corrected chi connectivity index (χ2v) is 7.83. The molecule has 0 aliphatic carbocycles. The van der Waals surface area contributed by atoms with Crippen LogP contribution in [0.15, 0.2) is 53.9 Å². The number of thiazole rings is 1. The zero-order valence-corrected chi connectivity index (χ0v) is 19.2. The molecule has 3 aromatic rings. The average Bonchev–Trinajstić information content (AvgIpc) is 3.26. The van der Waals surface area contributed by atoms with E-state index < -0.39 is 5.97 Å². The molecular weight excluding hydrogens is 428 g/mol. The van der Waals surface area contributed by atoms with Gasteiger partial charge in [0.1, 0.15) is 16.5 Å². The van der Waals surface area contributed by atoms with Crippen LogP contribution < -0.4 is 9.47 Å². The van der Waals surface area contributed by atoms with E-state index in [1.807, 2.05) is 60.8 Å². The Labute approximate surface area is 191 Å². The molecule has 0 atom stereocenters. The molecule has 0 unspecified atom stereocenters. The highest BCUT2D eigenvalue weighted by Gasteiger charge is 2.16. The molecule has 1 amide bonds. The number of hydrogen-bond acceptors (Lipinski definition) is 7. The van der Waals surface area contributed by atoms with Crippen LogP contribution in [0.1, 0.15) is 18.2 Å². The van der Waals surface area contributed by atoms with Crippen molar-refractivity contribution < 1.29 is 23.8 Å². The fourth-order valence-corrected chi connectivity index (χ4v) is 3.91. The minimum absolute atomic E-state index is 0.00317. The molecule has 0 N–H and O–H groups in total. The van der Waals surface area contributed by atoms with Crippen molar-refractivity contribution in [1.29, 1.82) is 0 Å². The lowest BCUT2D eigenvalue weighted by Gasteiger charge is -2.18. The van der Waals surface area contributed by atoms with Crippen molar-refractivity contribution in [2.75, 3.05) is 27.4 Å². The summed E-state index contributed by atoms with van der Waals surface area (Å²) in [5, 5.41) is 2.58. The molecule has 0 saturated carbocycles. The number of aromatic nitrogens is 1. The van der Waals surface area contributed by atoms with Gasteiger partial charge in [-0.25, -0.2) is 4.98 Å². The molecule has 1 heterocycles. The van der Waals surface area contributed by atoms with E-state index in [1.54, 1.807) is 14.2 Å². The number of likely N-dealkylation sites (N-methyl/N-ethyl adjacent to an activating group) is 1. The van der Waals surface area contributed by atoms with Gasteiger partial charge in [-0.3, -0.25) is 9.59 Å². The Balaban J connectivity index is 1.53. The van der Waals surface area contributed by atoms with Crippen LogP contribution >= 0.6 is 11.3 Å². The van der Waals surface area contributed by atoms with Gasteiger partial charge in [0.15, 0.2) is 6.61 Å². The number of amides is 1. The van der Waals surface area contributed by atoms with Crippen molar-refractivity contribution in [1.82, 2.24) is 9.88 Å². The van der Waals surface area contributed by atoms with Crippen LogP contribution in [-0.2, 0) is 27.3 Å². The van der Waals surface area contributed by atoms with Crippen molar-refractivity contribution in [3.05, 3.63) is 65.2 Å². The third-order valence-corrected chi connectivity index (χ3v) is 5.60. The largest absolute Gasteiger partial charge is 0.496 e. The molecule has 0 fully saturated rings. The van der Waals surface area contributed by atoms with Gasteiger partial charge in [-0.2, -0.15) is 0 Å². The van der Waals surface area contributed by atoms with E-state index in [1.165, 1.54) is 16.2 Å². The third kappa shape index (κ3) is 6.07. The van der Waals surface area contributed by atoms with Crippen LogP contribution in [0.5, 0.6) is 11.5 Å². The Bertz CT molecular complexity index is 1070. The van der Waals surface area contributed by atoms with Gasteiger partial charge in [0.25, 0.3) is 5.91 Å². The number of carbonyl (C=O) groups excluding carboxylic acids is 2. The molecule has 1 aromatic heterocycles. The molecule has 7 nitrogen and oxygen atoms in total. The molecule has 2 aromatic carbocycles. The Morgan fingerprint density at radius 1 is 1.06 bits per heavy atom. The summed E-state index contributed by atoms with van der Waals surface area (Å²) in [6, 6.07) is 15.1. The van der Waals surface area contributed by atoms with Crippen molar-refractivity contribution in [2.45, 2.75) is 19.9 Å². The number of hydrogen-bond donors (Lipinski definition) is 0. The van der Waals surface area contributed by atoms with E-state index in [0.717, 1.165) is 21.9 Å². The molecule has 168 valence electrons. The third-order valence-electron chi connectivity index (χ3n) is 4.68. The maximum absolute atomic E-state index is 12.4. The first-order valence-corrected chi connectivity index (χ1v) is 11.1. The van der Waals surface area contributed by atoms with Crippen LogP contribution in [0.4, 0.5) is 0 Å². The van der Waals surface area contributed by atoms with Gasteiger partial charge in [-0.15, -0.1) is 11.3 Å². The van der Waals surface area contributed by atoms with E-state index in [9.17, 15) is 9.59 Å². The molecule has 0 aliphatic rings. The normalized spacial score (nSPS) is 10.5. The minimum atomic E-state index is -0.501. The Kier molecular flexibility index (Phi) is 8.21. The summed E-state index contributed by atoms with van der Waals surface area (Å²) in [5.74, 6) is 0.657. The predicted molar refractivity (Wildman–Crippen MR) is 123 cm³/mol. The number of methoxy groups -OCH3 is 1. The van der Waals surface area contributed by atoms with Gasteiger partial charge in [-0.05, 0) is 25.1 Å². The second-order valence-electron chi connectivity index (χ2n) is 6.97. The smallest absolute Gasteiger partial charge is 0.312 e. The minimum Gasteiger partial charge on any atom is -0.496 e. The first kappa shape index (κ1) is 23.3. The maximum atomic E-state index is 12.4. The van der Waals surface area contributed by atoms with E-state index in [-0.39, 0.29) is 18.9 Å². The highest BCUT2D eigenvalue weighted by Crippen LogP contribution is 2.32. The number of nitrogens with zero attached hydrogens (tertiary/aromatic N) is 2. The van der Waals surface area contributed by atoms with Crippen molar-refractivity contribution in [2.24, 2.45) is 0 Å². The fourth-order valence-electron chi connectivity index (χ4n) is 3.07. The van der Waals surface area contributed by atoms with Gasteiger partial charge < -0.3 is 19.1 Å². The van der Waals surface area contributed by atoms with E-state index in [4.69, 9.17) is 14.2 Å². The average molecular weight is 455 g/mol. The summed E-state index contributed by atoms with van der Waals surface area (Å²) in [6.07, 6.45) is -0.00317. The van der Waals surface area contributed by atoms with Crippen molar-refractivity contribution in [3.63, 3.8) is 0 Å². The summed E-state index contributed by atoms with van der Waals surface area (Å²) in [6.45, 7) is 2.51. The maximum Gasteiger partial charge on any atom is 0.312 e. The summed E-state index contributed by atoms with van der Waals surface area (Å²) in [7, 11) is 3.24. The van der Waals surface area contributed by atoms with Gasteiger partial charge >= 0.3 is 5.97 Å². The molecule has 0 aliphatic heterocycles. The predicted octanol–water partition coefficient (Wildman–Crippen LogP) is 3.96. The van der Waals surface area contributed by atoms with Crippen molar-refractivity contribution in [3.8, 4) is 22.1 Å². The summed E-state index contributed by atoms with van der Waals surface area (Å²) in [4.78, 5) is 30.6. The van der Waals surface area contributed by atoms with E-state index in [2.05, 4.69) is 4.98 Å². The number of benzene rings is 2. The molecule has 0 radical (unpaired) electrons. The standard InChI is InChI=1S/C24H26N2O5S/c1-4-30-21-12-8-6-10-19(21)24-25-18(16-32-24)13-23(28)31-15-22(27)26(2)14-17-9-5-7-11-20(17)29-3/h5-12,16H,4,13-15H2,1-3H3. The fraction of sp³-hybridized carbons (Fsp3) is 0.292. The van der Waals surface area contributed by atoms with Crippen molar-refractivity contribution >= 4 is 23.2 Å². The number of para-hydroxylation sites is 2. The number of rotatable bonds is 10. The number of carbonyl (C=O) groups is 2. The highest BCUT2D eigenvalue weighted by molar-refractivity contribution is 7.13. The van der Waals surface area contributed by atoms with Gasteiger partial charge in [0.2, 0.25) is 0 Å². The first-order chi connectivity index (χ1) is 15.5. The monoisotopic (exact) mass is 454 g/mol. The zero-order chi connectivity index (χ0) is 22.9. The second kappa shape index (κ2) is 11.3. The molecular formula is C24H26N2O5S. The lowest BCUT2D eigenvalue weighted by molar-refractivity contribution is -0.151. The molecule has 8 heteroatoms. The number of esters is 1. The SMILES string of the molecule is CCOc1ccccc1-c1nc(CC(=O)OCC(=O)N(C)Cc2ccccc2OC)cs1. The zero-order valence-electron chi connectivity index (χ0n) is 18.4. The Morgan fingerprint density at radius 3 is 2.53 bits per heavy atom. The van der Waals surface area contributed by atoms with Gasteiger partial charge in [0, 0.05) is 24.5 Å². The van der Waals surface area contributed by atoms with E-state index >= 15 is 0 Å². The summed E-state index contributed by atoms with van der Waals surface area (Å²) < 4.78 is 16.1. The van der Waals surface area contributed by atoms with Crippen LogP contribution in [0, 0.1) is 0 Å². The van der Waals surface area contributed by atoms with Crippen LogP contribution in [0.3, 0.4) is 0 Å². The highest BCUT2D eigenvalue weighted by atomic mass is 32.1. The van der Waals surface area contributed by atoms with Crippen LogP contribution in [0.25, 0.3) is 10.6 Å². The quantitative estimate of drug-likeness (QED) is 0.432. The van der Waals surface area contributed by atoms with E-state index in [0.29, 0.717) is 24.6 Å². The first-order valence-electron chi connectivity index (χ1n) is 10.2. The summed E-state index contributed by atoms with van der Waals surface area (Å²) >= 11 is 1.43. The molecule has 3 rings (SSSR count). The Morgan fingerprint density at radius 2 is 1.78 bits per heavy atom. The van der Waals surface area contributed by atoms with Crippen LogP contribution in [-0.4, -0.2) is 49.1 Å². The van der Waals surface area contributed by atoms with Gasteiger partial charge in [0.05, 0.1) is 31.4 Å². The Hall–Kier alpha value is -3.39. The molecule has 0 saturated heterocycles. The van der Waals surface area contributed by atoms with Gasteiger partial charge in [-0.1, -0.05) is 30.3 Å². The molecule has 0 spiro atoms. The molecule has 0 bridgehead atoms. The molecule has 32 heavy (non-hydrogen) atoms. The topological polar surface area (TPSA) is 78.0 Å². The lowest BCUT2D eigenvalue weighted by atomic mass is 10.2. The summed E-state index contributed by atoms with van der Waals surface area (Å²) in [5.41, 5.74) is 2.35. The van der Waals surface area contributed by atoms with Crippen LogP contribution in [0.2, 0.25) is 0 Å². The number of ether oxygens (including phenoxy) is 3.